The molecule has 0 aliphatic heterocycles. The number of nitrogens with two attached hydrogens (primary N) is 1. The molecule has 0 saturated heterocycles. The molecule has 0 bridgehead atoms. The van der Waals surface area contributed by atoms with Crippen LogP contribution in [-0.2, 0) is 0 Å². The van der Waals surface area contributed by atoms with E-state index in [1.165, 1.54) is 29.5 Å². The third-order valence-corrected chi connectivity index (χ3v) is 4.33. The molecule has 2 heterocycles. The molecule has 1 saturated carbocycles. The zero-order chi connectivity index (χ0) is 14.6. The van der Waals surface area contributed by atoms with Crippen molar-refractivity contribution < 1.29 is 0 Å². The number of hydrogen-bond acceptors (Lipinski definition) is 3. The number of benzene rings is 1. The van der Waals surface area contributed by atoms with E-state index in [0.29, 0.717) is 6.04 Å². The molecule has 21 heavy (non-hydrogen) atoms. The van der Waals surface area contributed by atoms with Crippen molar-refractivity contribution in [1.82, 2.24) is 14.5 Å². The molecule has 106 valence electrons. The molecular formula is C17H18N4. The maximum absolute atomic E-state index is 6.05. The Bertz CT molecular complexity index is 843. The van der Waals surface area contributed by atoms with Gasteiger partial charge in [0.25, 0.3) is 0 Å². The van der Waals surface area contributed by atoms with Crippen molar-refractivity contribution in [2.75, 3.05) is 5.73 Å². The Morgan fingerprint density at radius 2 is 2.05 bits per heavy atom. The van der Waals surface area contributed by atoms with Gasteiger partial charge in [0, 0.05) is 23.5 Å². The van der Waals surface area contributed by atoms with Crippen LogP contribution in [0.15, 0.2) is 30.6 Å². The van der Waals surface area contributed by atoms with E-state index < -0.39 is 0 Å². The minimum absolute atomic E-state index is 0.563. The Hall–Kier alpha value is -2.36. The van der Waals surface area contributed by atoms with Gasteiger partial charge < -0.3 is 10.3 Å². The van der Waals surface area contributed by atoms with Gasteiger partial charge in [0.1, 0.15) is 11.3 Å². The molecule has 0 amide bonds. The fourth-order valence-electron chi connectivity index (χ4n) is 2.96. The fourth-order valence-corrected chi connectivity index (χ4v) is 2.96. The average molecular weight is 278 g/mol. The molecule has 0 spiro atoms. The van der Waals surface area contributed by atoms with Crippen molar-refractivity contribution in [3.8, 4) is 11.4 Å². The molecule has 1 aliphatic carbocycles. The second kappa shape index (κ2) is 4.32. The molecular weight excluding hydrogens is 260 g/mol. The Labute approximate surface area is 123 Å². The molecule has 1 aliphatic rings. The van der Waals surface area contributed by atoms with Crippen LogP contribution in [0.5, 0.6) is 0 Å². The minimum atomic E-state index is 0.563. The topological polar surface area (TPSA) is 56.7 Å². The van der Waals surface area contributed by atoms with E-state index in [2.05, 4.69) is 29.5 Å². The SMILES string of the molecule is Cc1cc(N)cc(-c2nc3cnccc3n2C2CC2)c1C. The average Bonchev–Trinajstić information content (AvgIpc) is 3.23. The number of anilines is 1. The van der Waals surface area contributed by atoms with Gasteiger partial charge in [-0.2, -0.15) is 0 Å². The quantitative estimate of drug-likeness (QED) is 0.728. The van der Waals surface area contributed by atoms with Gasteiger partial charge in [-0.3, -0.25) is 4.98 Å². The first-order valence-corrected chi connectivity index (χ1v) is 7.34. The largest absolute Gasteiger partial charge is 0.399 e. The molecule has 3 aromatic rings. The maximum atomic E-state index is 6.05. The summed E-state index contributed by atoms with van der Waals surface area (Å²) in [5.41, 5.74) is 12.6. The number of pyridine rings is 1. The number of aryl methyl sites for hydroxylation is 1. The van der Waals surface area contributed by atoms with E-state index >= 15 is 0 Å². The van der Waals surface area contributed by atoms with Gasteiger partial charge >= 0.3 is 0 Å². The van der Waals surface area contributed by atoms with Crippen LogP contribution in [0.25, 0.3) is 22.4 Å². The molecule has 2 aromatic heterocycles. The fraction of sp³-hybridized carbons (Fsp3) is 0.294. The number of hydrogen-bond donors (Lipinski definition) is 1. The molecule has 0 radical (unpaired) electrons. The molecule has 0 unspecified atom stereocenters. The van der Waals surface area contributed by atoms with Crippen molar-refractivity contribution in [2.45, 2.75) is 32.7 Å². The highest BCUT2D eigenvalue weighted by Gasteiger charge is 2.29. The maximum Gasteiger partial charge on any atom is 0.141 e. The number of nitrogen functional groups attached to an aromatic ring is 1. The Morgan fingerprint density at radius 3 is 2.81 bits per heavy atom. The minimum Gasteiger partial charge on any atom is -0.399 e. The lowest BCUT2D eigenvalue weighted by Gasteiger charge is -2.12. The van der Waals surface area contributed by atoms with Crippen LogP contribution in [0.2, 0.25) is 0 Å². The Balaban J connectivity index is 2.05. The first-order valence-electron chi connectivity index (χ1n) is 7.34. The summed E-state index contributed by atoms with van der Waals surface area (Å²) in [4.78, 5) is 9.03. The van der Waals surface area contributed by atoms with Crippen LogP contribution in [0.4, 0.5) is 5.69 Å². The zero-order valence-electron chi connectivity index (χ0n) is 12.3. The number of nitrogens with zero attached hydrogens (tertiary/aromatic N) is 3. The standard InChI is InChI=1S/C17H18N4/c1-10-7-12(18)8-14(11(10)2)17-20-15-9-19-6-5-16(15)21(17)13-3-4-13/h5-9,13H,3-4,18H2,1-2H3. The summed E-state index contributed by atoms with van der Waals surface area (Å²) >= 11 is 0. The van der Waals surface area contributed by atoms with Gasteiger partial charge in [-0.15, -0.1) is 0 Å². The third kappa shape index (κ3) is 1.90. The Kier molecular flexibility index (Phi) is 2.55. The predicted molar refractivity (Wildman–Crippen MR) is 85.1 cm³/mol. The normalized spacial score (nSPS) is 14.8. The smallest absolute Gasteiger partial charge is 0.141 e. The highest BCUT2D eigenvalue weighted by molar-refractivity contribution is 5.82. The first kappa shape index (κ1) is 12.4. The van der Waals surface area contributed by atoms with Gasteiger partial charge in [0.2, 0.25) is 0 Å². The number of aromatic nitrogens is 3. The molecule has 4 heteroatoms. The van der Waals surface area contributed by atoms with Crippen LogP contribution >= 0.6 is 0 Å². The molecule has 4 rings (SSSR count). The van der Waals surface area contributed by atoms with Gasteiger partial charge in [0.15, 0.2) is 0 Å². The van der Waals surface area contributed by atoms with Crippen LogP contribution < -0.4 is 5.73 Å². The summed E-state index contributed by atoms with van der Waals surface area (Å²) in [6.45, 7) is 4.24. The third-order valence-electron chi connectivity index (χ3n) is 4.33. The van der Waals surface area contributed by atoms with E-state index in [-0.39, 0.29) is 0 Å². The highest BCUT2D eigenvalue weighted by Crippen LogP contribution is 2.42. The molecule has 2 N–H and O–H groups in total. The van der Waals surface area contributed by atoms with Crippen molar-refractivity contribution >= 4 is 16.7 Å². The molecule has 1 fully saturated rings. The predicted octanol–water partition coefficient (Wildman–Crippen LogP) is 3.63. The monoisotopic (exact) mass is 278 g/mol. The van der Waals surface area contributed by atoms with Gasteiger partial charge in [0.05, 0.1) is 11.7 Å². The lowest BCUT2D eigenvalue weighted by molar-refractivity contribution is 0.774. The van der Waals surface area contributed by atoms with Gasteiger partial charge in [-0.25, -0.2) is 4.98 Å². The highest BCUT2D eigenvalue weighted by atomic mass is 15.1. The summed E-state index contributed by atoms with van der Waals surface area (Å²) < 4.78 is 2.36. The lowest BCUT2D eigenvalue weighted by Crippen LogP contribution is -2.01. The number of imidazole rings is 1. The summed E-state index contributed by atoms with van der Waals surface area (Å²) in [5, 5.41) is 0. The second-order valence-corrected chi connectivity index (χ2v) is 5.91. The molecule has 0 atom stereocenters. The van der Waals surface area contributed by atoms with Crippen LogP contribution in [0, 0.1) is 13.8 Å². The van der Waals surface area contributed by atoms with Gasteiger partial charge in [-0.1, -0.05) is 0 Å². The summed E-state index contributed by atoms with van der Waals surface area (Å²) in [7, 11) is 0. The zero-order valence-corrected chi connectivity index (χ0v) is 12.3. The van der Waals surface area contributed by atoms with Crippen molar-refractivity contribution in [3.05, 3.63) is 41.7 Å². The van der Waals surface area contributed by atoms with Crippen LogP contribution in [0.1, 0.15) is 30.0 Å². The van der Waals surface area contributed by atoms with Gasteiger partial charge in [-0.05, 0) is 56.0 Å². The van der Waals surface area contributed by atoms with E-state index in [1.54, 1.807) is 0 Å². The van der Waals surface area contributed by atoms with Crippen molar-refractivity contribution in [2.24, 2.45) is 0 Å². The van der Waals surface area contributed by atoms with Crippen LogP contribution in [-0.4, -0.2) is 14.5 Å². The van der Waals surface area contributed by atoms with Crippen molar-refractivity contribution in [1.29, 1.82) is 0 Å². The number of rotatable bonds is 2. The van der Waals surface area contributed by atoms with E-state index in [1.807, 2.05) is 24.5 Å². The molecule has 4 nitrogen and oxygen atoms in total. The summed E-state index contributed by atoms with van der Waals surface area (Å²) in [6, 6.07) is 6.67. The van der Waals surface area contributed by atoms with Crippen molar-refractivity contribution in [3.63, 3.8) is 0 Å². The van der Waals surface area contributed by atoms with Crippen LogP contribution in [0.3, 0.4) is 0 Å². The summed E-state index contributed by atoms with van der Waals surface area (Å²) in [5.74, 6) is 1.02. The molecule has 1 aromatic carbocycles. The number of fused-ring (bicyclic) bond motifs is 1. The lowest BCUT2D eigenvalue weighted by atomic mass is 10.0. The Morgan fingerprint density at radius 1 is 1.24 bits per heavy atom. The van der Waals surface area contributed by atoms with E-state index in [0.717, 1.165) is 22.6 Å². The second-order valence-electron chi connectivity index (χ2n) is 5.91. The first-order chi connectivity index (χ1) is 10.1. The van der Waals surface area contributed by atoms with E-state index in [9.17, 15) is 0 Å². The van der Waals surface area contributed by atoms with E-state index in [4.69, 9.17) is 10.7 Å². The summed E-state index contributed by atoms with van der Waals surface area (Å²) in [6.07, 6.45) is 6.12.